The van der Waals surface area contributed by atoms with Crippen LogP contribution in [-0.2, 0) is 20.1 Å². The van der Waals surface area contributed by atoms with E-state index >= 15 is 0 Å². The van der Waals surface area contributed by atoms with Crippen molar-refractivity contribution in [1.29, 1.82) is 0 Å². The maximum Gasteiger partial charge on any atom is 0.250 e. The summed E-state index contributed by atoms with van der Waals surface area (Å²) in [6.45, 7) is 3.73. The first-order valence-electron chi connectivity index (χ1n) is 7.67. The van der Waals surface area contributed by atoms with E-state index in [1.165, 1.54) is 18.9 Å². The number of hydrogen-bond donors (Lipinski definition) is 2. The average molecular weight is 363 g/mol. The van der Waals surface area contributed by atoms with Crippen molar-refractivity contribution in [1.82, 2.24) is 5.16 Å². The number of aryl methyl sites for hydroxylation is 2. The lowest BCUT2D eigenvalue weighted by molar-refractivity contribution is -0.119. The Morgan fingerprint density at radius 3 is 2.48 bits per heavy atom. The molecule has 134 valence electrons. The third-order valence-electron chi connectivity index (χ3n) is 3.37. The number of nitrogens with zero attached hydrogens (tertiary/aromatic N) is 1. The fourth-order valence-corrected chi connectivity index (χ4v) is 3.13. The van der Waals surface area contributed by atoms with Crippen LogP contribution < -0.4 is 10.6 Å². The zero-order valence-corrected chi connectivity index (χ0v) is 15.2. The van der Waals surface area contributed by atoms with Gasteiger partial charge in [0.05, 0.1) is 11.4 Å². The van der Waals surface area contributed by atoms with E-state index in [2.05, 4.69) is 15.8 Å². The van der Waals surface area contributed by atoms with Crippen LogP contribution >= 0.6 is 11.8 Å². The lowest BCUT2D eigenvalue weighted by Gasteiger charge is -2.08. The van der Waals surface area contributed by atoms with E-state index < -0.39 is 0 Å². The van der Waals surface area contributed by atoms with E-state index in [0.29, 0.717) is 22.9 Å². The second-order valence-corrected chi connectivity index (χ2v) is 6.39. The second kappa shape index (κ2) is 9.24. The maximum absolute atomic E-state index is 12.1. The smallest absolute Gasteiger partial charge is 0.250 e. The highest BCUT2D eigenvalue weighted by molar-refractivity contribution is 7.99. The molecule has 0 spiro atoms. The summed E-state index contributed by atoms with van der Waals surface area (Å²) in [5.41, 5.74) is 3.10. The van der Waals surface area contributed by atoms with Gasteiger partial charge in [0.25, 0.3) is 0 Å². The molecule has 0 unspecified atom stereocenters. The first-order valence-corrected chi connectivity index (χ1v) is 8.83. The van der Waals surface area contributed by atoms with E-state index in [1.807, 2.05) is 13.8 Å². The van der Waals surface area contributed by atoms with E-state index in [4.69, 9.17) is 9.26 Å². The number of nitrogens with one attached hydrogen (secondary N) is 2. The molecule has 0 atom stereocenters. The second-order valence-electron chi connectivity index (χ2n) is 5.41. The predicted molar refractivity (Wildman–Crippen MR) is 97.7 cm³/mol. The summed E-state index contributed by atoms with van der Waals surface area (Å²) in [5.74, 6) is 1.40. The topological polar surface area (TPSA) is 93.5 Å². The molecule has 2 N–H and O–H groups in total. The number of carbonyl (C=O) groups is 2. The van der Waals surface area contributed by atoms with Crippen LogP contribution in [0.15, 0.2) is 28.8 Å². The van der Waals surface area contributed by atoms with E-state index in [-0.39, 0.29) is 18.4 Å². The Kier molecular flexibility index (Phi) is 7.03. The van der Waals surface area contributed by atoms with Crippen molar-refractivity contribution in [3.63, 3.8) is 0 Å². The van der Waals surface area contributed by atoms with E-state index in [9.17, 15) is 9.59 Å². The lowest BCUT2D eigenvalue weighted by atomic mass is 10.2. The molecule has 1 aromatic heterocycles. The van der Waals surface area contributed by atoms with Gasteiger partial charge in [-0.25, -0.2) is 0 Å². The summed E-state index contributed by atoms with van der Waals surface area (Å²) in [5, 5.41) is 9.40. The number of carbonyl (C=O) groups excluding carboxylic acids is 2. The van der Waals surface area contributed by atoms with Crippen LogP contribution in [0.2, 0.25) is 0 Å². The molecule has 0 radical (unpaired) electrons. The van der Waals surface area contributed by atoms with Gasteiger partial charge in [0.2, 0.25) is 11.8 Å². The fraction of sp³-hybridized carbons (Fsp3) is 0.353. The number of rotatable bonds is 8. The first kappa shape index (κ1) is 19.0. The van der Waals surface area contributed by atoms with Crippen molar-refractivity contribution < 1.29 is 18.8 Å². The summed E-state index contributed by atoms with van der Waals surface area (Å²) in [6, 6.07) is 6.97. The minimum atomic E-state index is -0.249. The van der Waals surface area contributed by atoms with Gasteiger partial charge in [-0.1, -0.05) is 11.2 Å². The van der Waals surface area contributed by atoms with Crippen LogP contribution in [0.25, 0.3) is 0 Å². The molecule has 2 aromatic rings. The quantitative estimate of drug-likeness (QED) is 0.749. The molecule has 8 heteroatoms. The summed E-state index contributed by atoms with van der Waals surface area (Å²) in [7, 11) is 1.45. The van der Waals surface area contributed by atoms with Crippen LogP contribution in [0.4, 0.5) is 11.4 Å². The summed E-state index contributed by atoms with van der Waals surface area (Å²) in [4.78, 5) is 23.6. The average Bonchev–Trinajstić information content (AvgIpc) is 2.87. The molecule has 7 nitrogen and oxygen atoms in total. The molecule has 0 aliphatic carbocycles. The van der Waals surface area contributed by atoms with Gasteiger partial charge in [-0.3, -0.25) is 9.59 Å². The number of thioether (sulfide) groups is 1. The van der Waals surface area contributed by atoms with Gasteiger partial charge in [-0.15, -0.1) is 11.8 Å². The normalized spacial score (nSPS) is 10.5. The molecular formula is C17H21N3O4S. The van der Waals surface area contributed by atoms with Crippen molar-refractivity contribution in [3.8, 4) is 0 Å². The number of hydrogen-bond acceptors (Lipinski definition) is 6. The number of amides is 2. The lowest BCUT2D eigenvalue weighted by Crippen LogP contribution is -2.18. The van der Waals surface area contributed by atoms with Crippen LogP contribution in [0.1, 0.15) is 17.0 Å². The van der Waals surface area contributed by atoms with Gasteiger partial charge in [0, 0.05) is 29.8 Å². The standard InChI is InChI=1S/C17H21N3O4S/c1-11-15(12(2)24-20-11)9-25-10-17(22)19-14-6-4-5-13(7-14)18-16(21)8-23-3/h4-7H,8-10H2,1-3H3,(H,18,21)(H,19,22). The summed E-state index contributed by atoms with van der Waals surface area (Å²) < 4.78 is 9.87. The maximum atomic E-state index is 12.1. The zero-order chi connectivity index (χ0) is 18.2. The number of aromatic nitrogens is 1. The van der Waals surface area contributed by atoms with Crippen LogP contribution in [0, 0.1) is 13.8 Å². The Morgan fingerprint density at radius 1 is 1.20 bits per heavy atom. The largest absolute Gasteiger partial charge is 0.375 e. The summed E-state index contributed by atoms with van der Waals surface area (Å²) in [6.07, 6.45) is 0. The van der Waals surface area contributed by atoms with Crippen molar-refractivity contribution in [2.45, 2.75) is 19.6 Å². The van der Waals surface area contributed by atoms with Crippen molar-refractivity contribution in [3.05, 3.63) is 41.3 Å². The SMILES string of the molecule is COCC(=O)Nc1cccc(NC(=O)CSCc2c(C)noc2C)c1. The zero-order valence-electron chi connectivity index (χ0n) is 14.4. The highest BCUT2D eigenvalue weighted by Gasteiger charge is 2.10. The summed E-state index contributed by atoms with van der Waals surface area (Å²) >= 11 is 1.49. The van der Waals surface area contributed by atoms with Gasteiger partial charge in [-0.05, 0) is 32.0 Å². The molecule has 0 bridgehead atoms. The third kappa shape index (κ3) is 5.91. The third-order valence-corrected chi connectivity index (χ3v) is 4.33. The Hall–Kier alpha value is -2.32. The molecule has 0 aliphatic rings. The molecule has 2 rings (SSSR count). The van der Waals surface area contributed by atoms with Crippen molar-refractivity contribution >= 4 is 35.0 Å². The van der Waals surface area contributed by atoms with E-state index in [1.54, 1.807) is 24.3 Å². The van der Waals surface area contributed by atoms with Gasteiger partial charge < -0.3 is 19.9 Å². The molecule has 0 saturated heterocycles. The van der Waals surface area contributed by atoms with Crippen LogP contribution in [-0.4, -0.2) is 36.4 Å². The number of anilines is 2. The molecule has 1 heterocycles. The van der Waals surface area contributed by atoms with Gasteiger partial charge in [-0.2, -0.15) is 0 Å². The fourth-order valence-electron chi connectivity index (χ4n) is 2.15. The van der Waals surface area contributed by atoms with Crippen LogP contribution in [0.3, 0.4) is 0 Å². The van der Waals surface area contributed by atoms with Crippen molar-refractivity contribution in [2.24, 2.45) is 0 Å². The molecular weight excluding hydrogens is 342 g/mol. The van der Waals surface area contributed by atoms with Crippen LogP contribution in [0.5, 0.6) is 0 Å². The molecule has 25 heavy (non-hydrogen) atoms. The minimum absolute atomic E-state index is 0.0189. The predicted octanol–water partition coefficient (Wildman–Crippen LogP) is 2.75. The highest BCUT2D eigenvalue weighted by atomic mass is 32.2. The van der Waals surface area contributed by atoms with Crippen molar-refractivity contribution in [2.75, 3.05) is 30.1 Å². The highest BCUT2D eigenvalue weighted by Crippen LogP contribution is 2.20. The molecule has 1 aromatic carbocycles. The van der Waals surface area contributed by atoms with Gasteiger partial charge in [0.1, 0.15) is 12.4 Å². The molecule has 0 aliphatic heterocycles. The molecule has 0 saturated carbocycles. The van der Waals surface area contributed by atoms with Gasteiger partial charge >= 0.3 is 0 Å². The first-order chi connectivity index (χ1) is 12.0. The Balaban J connectivity index is 1.83. The van der Waals surface area contributed by atoms with E-state index in [0.717, 1.165) is 17.0 Å². The number of benzene rings is 1. The molecule has 2 amide bonds. The number of methoxy groups -OCH3 is 1. The Morgan fingerprint density at radius 2 is 1.88 bits per heavy atom. The molecule has 0 fully saturated rings. The number of ether oxygens (including phenoxy) is 1. The van der Waals surface area contributed by atoms with Gasteiger partial charge in [0.15, 0.2) is 0 Å². The minimum Gasteiger partial charge on any atom is -0.375 e. The Labute approximate surface area is 150 Å². The monoisotopic (exact) mass is 363 g/mol. The Bertz CT molecular complexity index is 726.